The first-order chi connectivity index (χ1) is 5.41. The van der Waals surface area contributed by atoms with Gasteiger partial charge in [-0.1, -0.05) is 0 Å². The molecule has 0 aliphatic heterocycles. The molecule has 0 heterocycles. The summed E-state index contributed by atoms with van der Waals surface area (Å²) in [5, 5.41) is 0. The number of phosphoric acid groups is 3. The van der Waals surface area contributed by atoms with Gasteiger partial charge in [0.15, 0.2) is 0 Å². The molecule has 11 nitrogen and oxygen atoms in total. The van der Waals surface area contributed by atoms with Gasteiger partial charge in [-0.15, -0.1) is 0 Å². The third-order valence-corrected chi connectivity index (χ3v) is 3.60. The molecule has 2 N–H and O–H groups in total. The zero-order chi connectivity index (χ0) is 10.9. The van der Waals surface area contributed by atoms with Crippen LogP contribution in [-0.2, 0) is 22.3 Å². The minimum absolute atomic E-state index is 0. The molecule has 19 heavy (non-hydrogen) atoms. The summed E-state index contributed by atoms with van der Waals surface area (Å²) in [5.41, 5.74) is 0. The largest absolute Gasteiger partial charge is 1.00 e. The van der Waals surface area contributed by atoms with Crippen molar-refractivity contribution in [2.75, 3.05) is 0 Å². The van der Waals surface area contributed by atoms with Gasteiger partial charge in [-0.25, -0.2) is 0 Å². The third-order valence-electron chi connectivity index (χ3n) is 0.400. The SMILES string of the molecule is O.O=P([O-])([O-])OP(=O)([O-])OP(=O)([O-])[O-].[Li+].[Li+].[Li+].[Li+].[Li+]. The molecule has 88 valence electrons. The molecular formula is H2Li5O11P3. The first-order valence-corrected chi connectivity index (χ1v) is 6.57. The van der Waals surface area contributed by atoms with Crippen LogP contribution in [0.5, 0.6) is 0 Å². The molecule has 0 atom stereocenters. The Morgan fingerprint density at radius 2 is 0.737 bits per heavy atom. The third kappa shape index (κ3) is 33.9. The predicted octanol–water partition coefficient (Wildman–Crippen LogP) is -19.7. The van der Waals surface area contributed by atoms with Crippen molar-refractivity contribution in [2.24, 2.45) is 0 Å². The molecule has 0 amide bonds. The normalized spacial score (nSPS) is 9.95. The summed E-state index contributed by atoms with van der Waals surface area (Å²) in [6.07, 6.45) is 0. The molecule has 0 radical (unpaired) electrons. The predicted molar refractivity (Wildman–Crippen MR) is 28.6 cm³/mol. The fraction of sp³-hybridized carbons (Fsp3) is 0. The fourth-order valence-electron chi connectivity index (χ4n) is 0.260. The second-order valence-corrected chi connectivity index (χ2v) is 5.49. The monoisotopic (exact) mass is 306 g/mol. The minimum atomic E-state index is -5.97. The van der Waals surface area contributed by atoms with Gasteiger partial charge in [0, 0.05) is 0 Å². The maximum atomic E-state index is 10.1. The molecule has 0 aliphatic carbocycles. The Hall–Kier alpha value is 3.36. The number of hydrogen-bond donors (Lipinski definition) is 0. The van der Waals surface area contributed by atoms with Gasteiger partial charge in [-0.2, -0.15) is 0 Å². The van der Waals surface area contributed by atoms with Gasteiger partial charge in [-0.05, 0) is 0 Å². The molecule has 0 bridgehead atoms. The summed E-state index contributed by atoms with van der Waals surface area (Å²) in [4.78, 5) is 48.6. The first-order valence-electron chi connectivity index (χ1n) is 2.19. The van der Waals surface area contributed by atoms with Crippen LogP contribution < -0.4 is 119 Å². The van der Waals surface area contributed by atoms with Crippen molar-refractivity contribution in [3.8, 4) is 0 Å². The van der Waals surface area contributed by atoms with E-state index in [-0.39, 0.29) is 99.8 Å². The van der Waals surface area contributed by atoms with Gasteiger partial charge >= 0.3 is 94.3 Å². The quantitative estimate of drug-likeness (QED) is 0.352. The molecule has 0 aromatic carbocycles. The van der Waals surface area contributed by atoms with Gasteiger partial charge in [0.25, 0.3) is 7.82 Å². The van der Waals surface area contributed by atoms with E-state index in [1.165, 1.54) is 0 Å². The van der Waals surface area contributed by atoms with Gasteiger partial charge in [-0.3, -0.25) is 13.2 Å². The Labute approximate surface area is 168 Å². The van der Waals surface area contributed by atoms with Crippen molar-refractivity contribution in [1.82, 2.24) is 0 Å². The average molecular weight is 306 g/mol. The summed E-state index contributed by atoms with van der Waals surface area (Å²) in [6.45, 7) is 0. The molecule has 0 rings (SSSR count). The molecule has 0 aromatic heterocycles. The van der Waals surface area contributed by atoms with Crippen LogP contribution in [0.3, 0.4) is 0 Å². The zero-order valence-electron chi connectivity index (χ0n) is 10.9. The maximum absolute atomic E-state index is 10.1. The molecule has 0 saturated carbocycles. The summed E-state index contributed by atoms with van der Waals surface area (Å²) in [7, 11) is -17.9. The number of rotatable bonds is 4. The standard InChI is InChI=1S/5Li.H5O10P3.H2O/c;;;;;1-11(2,3)9-13(7,8)10-12(4,5)6;/h;;;;;(H,7,8)(H2,1,2,3)(H2,4,5,6);1H2/q5*+1;;/p-5. The summed E-state index contributed by atoms with van der Waals surface area (Å²) in [6, 6.07) is 0. The van der Waals surface area contributed by atoms with Crippen molar-refractivity contribution in [3.63, 3.8) is 0 Å². The second kappa shape index (κ2) is 16.2. The Bertz CT molecular complexity index is 288. The Morgan fingerprint density at radius 3 is 0.842 bits per heavy atom. The van der Waals surface area contributed by atoms with E-state index in [0.29, 0.717) is 0 Å². The van der Waals surface area contributed by atoms with Crippen LogP contribution >= 0.6 is 23.5 Å². The van der Waals surface area contributed by atoms with Crippen molar-refractivity contribution < 1.29 is 147 Å². The van der Waals surface area contributed by atoms with Crippen molar-refractivity contribution in [3.05, 3.63) is 0 Å². The van der Waals surface area contributed by atoms with Crippen LogP contribution in [0.2, 0.25) is 0 Å². The zero-order valence-corrected chi connectivity index (χ0v) is 13.6. The fourth-order valence-corrected chi connectivity index (χ4v) is 2.61. The molecule has 19 heteroatoms. The van der Waals surface area contributed by atoms with Crippen LogP contribution in [0.4, 0.5) is 0 Å². The smallest absolute Gasteiger partial charge is 0.790 e. The molecule has 0 saturated heterocycles. The summed E-state index contributed by atoms with van der Waals surface area (Å²) >= 11 is 0. The van der Waals surface area contributed by atoms with Crippen molar-refractivity contribution >= 4 is 23.5 Å². The maximum Gasteiger partial charge on any atom is 1.00 e. The van der Waals surface area contributed by atoms with Gasteiger partial charge in [0.1, 0.15) is 0 Å². The van der Waals surface area contributed by atoms with Crippen molar-refractivity contribution in [2.45, 2.75) is 0 Å². The molecule has 0 aliphatic rings. The molecule has 0 aromatic rings. The minimum Gasteiger partial charge on any atom is -0.790 e. The van der Waals surface area contributed by atoms with E-state index in [4.69, 9.17) is 0 Å². The van der Waals surface area contributed by atoms with E-state index >= 15 is 0 Å². The first kappa shape index (κ1) is 43.2. The molecule has 0 unspecified atom stereocenters. The summed E-state index contributed by atoms with van der Waals surface area (Å²) < 4.78 is 34.7. The average Bonchev–Trinajstić information content (AvgIpc) is 1.43. The molecular weight excluding hydrogens is 304 g/mol. The van der Waals surface area contributed by atoms with Gasteiger partial charge in [0.05, 0.1) is 15.6 Å². The van der Waals surface area contributed by atoms with E-state index in [9.17, 15) is 38.2 Å². The van der Waals surface area contributed by atoms with Crippen LogP contribution in [0.1, 0.15) is 0 Å². The van der Waals surface area contributed by atoms with Gasteiger partial charge < -0.3 is 39.1 Å². The number of hydrogen-bond acceptors (Lipinski definition) is 10. The second-order valence-electron chi connectivity index (χ2n) is 1.50. The Balaban J connectivity index is -0.0000000480. The van der Waals surface area contributed by atoms with E-state index in [2.05, 4.69) is 8.62 Å². The Kier molecular flexibility index (Phi) is 36.9. The van der Waals surface area contributed by atoms with Crippen LogP contribution in [0, 0.1) is 0 Å². The van der Waals surface area contributed by atoms with Crippen molar-refractivity contribution in [1.29, 1.82) is 0 Å². The summed E-state index contributed by atoms with van der Waals surface area (Å²) in [5.74, 6) is 0. The van der Waals surface area contributed by atoms with Crippen LogP contribution in [0.25, 0.3) is 0 Å². The van der Waals surface area contributed by atoms with E-state index in [0.717, 1.165) is 0 Å². The van der Waals surface area contributed by atoms with Gasteiger partial charge in [0.2, 0.25) is 0 Å². The molecule has 0 spiro atoms. The molecule has 0 fully saturated rings. The van der Waals surface area contributed by atoms with E-state index in [1.807, 2.05) is 0 Å². The van der Waals surface area contributed by atoms with E-state index in [1.54, 1.807) is 0 Å². The van der Waals surface area contributed by atoms with E-state index < -0.39 is 23.5 Å². The van der Waals surface area contributed by atoms with Crippen LogP contribution in [-0.4, -0.2) is 5.48 Å². The van der Waals surface area contributed by atoms with Crippen LogP contribution in [0.15, 0.2) is 0 Å². The Morgan fingerprint density at radius 1 is 0.579 bits per heavy atom. The topological polar surface area (TPSA) is 216 Å².